The molecule has 26 heavy (non-hydrogen) atoms. The average Bonchev–Trinajstić information content (AvgIpc) is 3.16. The van der Waals surface area contributed by atoms with Crippen molar-refractivity contribution in [1.29, 1.82) is 0 Å². The summed E-state index contributed by atoms with van der Waals surface area (Å²) in [4.78, 5) is 16.9. The third-order valence-electron chi connectivity index (χ3n) is 5.53. The second-order valence-electron chi connectivity index (χ2n) is 6.95. The number of nitrogens with zero attached hydrogens (tertiary/aromatic N) is 2. The maximum atomic E-state index is 13.4. The van der Waals surface area contributed by atoms with Gasteiger partial charge in [-0.05, 0) is 52.5 Å². The summed E-state index contributed by atoms with van der Waals surface area (Å²) in [6.45, 7) is 0. The first kappa shape index (κ1) is 15.8. The third-order valence-corrected chi connectivity index (χ3v) is 6.14. The number of fused-ring (bicyclic) bond motifs is 5. The molecule has 1 amide bonds. The molecule has 4 nitrogen and oxygen atoms in total. The SMILES string of the molecule is O=C(Nc1ccc(F)c(Br)c1)C1CC2(C1)c1ccccc1-c1cncn12. The Hall–Kier alpha value is -2.47. The van der Waals surface area contributed by atoms with Crippen molar-refractivity contribution >= 4 is 27.5 Å². The van der Waals surface area contributed by atoms with E-state index in [9.17, 15) is 9.18 Å². The maximum Gasteiger partial charge on any atom is 0.227 e. The zero-order valence-electron chi connectivity index (χ0n) is 13.7. The minimum Gasteiger partial charge on any atom is -0.326 e. The lowest BCUT2D eigenvalue weighted by molar-refractivity contribution is -0.125. The van der Waals surface area contributed by atoms with Crippen molar-refractivity contribution in [1.82, 2.24) is 9.55 Å². The molecule has 0 radical (unpaired) electrons. The van der Waals surface area contributed by atoms with E-state index in [0.717, 1.165) is 18.5 Å². The first-order valence-corrected chi connectivity index (χ1v) is 9.26. The smallest absolute Gasteiger partial charge is 0.227 e. The number of hydrogen-bond donors (Lipinski definition) is 1. The Labute approximate surface area is 158 Å². The molecule has 1 fully saturated rings. The monoisotopic (exact) mass is 411 g/mol. The first-order chi connectivity index (χ1) is 12.6. The largest absolute Gasteiger partial charge is 0.326 e. The summed E-state index contributed by atoms with van der Waals surface area (Å²) in [6, 6.07) is 12.8. The summed E-state index contributed by atoms with van der Waals surface area (Å²) < 4.78 is 15.9. The van der Waals surface area contributed by atoms with E-state index in [1.54, 1.807) is 12.1 Å². The molecule has 1 saturated carbocycles. The molecule has 130 valence electrons. The molecule has 1 aromatic heterocycles. The first-order valence-electron chi connectivity index (χ1n) is 8.47. The fraction of sp³-hybridized carbons (Fsp3) is 0.200. The van der Waals surface area contributed by atoms with Crippen molar-refractivity contribution in [2.24, 2.45) is 5.92 Å². The average molecular weight is 412 g/mol. The minimum absolute atomic E-state index is 0.0276. The van der Waals surface area contributed by atoms with Crippen LogP contribution in [0.4, 0.5) is 10.1 Å². The fourth-order valence-corrected chi connectivity index (χ4v) is 4.63. The van der Waals surface area contributed by atoms with Crippen molar-refractivity contribution in [3.63, 3.8) is 0 Å². The quantitative estimate of drug-likeness (QED) is 0.671. The number of halogens is 2. The van der Waals surface area contributed by atoms with Gasteiger partial charge in [0.05, 0.1) is 28.2 Å². The zero-order valence-corrected chi connectivity index (χ0v) is 15.3. The summed E-state index contributed by atoms with van der Waals surface area (Å²) in [5, 5.41) is 2.90. The van der Waals surface area contributed by atoms with E-state index in [-0.39, 0.29) is 23.2 Å². The van der Waals surface area contributed by atoms with Crippen LogP contribution in [0.3, 0.4) is 0 Å². The number of amides is 1. The van der Waals surface area contributed by atoms with Crippen LogP contribution in [0.2, 0.25) is 0 Å². The number of hydrogen-bond acceptors (Lipinski definition) is 2. The molecule has 1 aliphatic heterocycles. The van der Waals surface area contributed by atoms with Crippen LogP contribution >= 0.6 is 15.9 Å². The van der Waals surface area contributed by atoms with Gasteiger partial charge in [0.15, 0.2) is 0 Å². The predicted octanol–water partition coefficient (Wildman–Crippen LogP) is 4.56. The topological polar surface area (TPSA) is 46.9 Å². The van der Waals surface area contributed by atoms with E-state index in [2.05, 4.69) is 42.9 Å². The van der Waals surface area contributed by atoms with Crippen molar-refractivity contribution in [2.45, 2.75) is 18.4 Å². The van der Waals surface area contributed by atoms with E-state index in [1.165, 1.54) is 17.2 Å². The Morgan fingerprint density at radius 1 is 1.27 bits per heavy atom. The fourth-order valence-electron chi connectivity index (χ4n) is 4.25. The molecule has 5 rings (SSSR count). The molecule has 2 aliphatic rings. The number of carbonyl (C=O) groups excluding carboxylic acids is 1. The highest BCUT2D eigenvalue weighted by Crippen LogP contribution is 2.56. The van der Waals surface area contributed by atoms with Gasteiger partial charge in [-0.1, -0.05) is 24.3 Å². The molecule has 6 heteroatoms. The summed E-state index contributed by atoms with van der Waals surface area (Å²) in [6.07, 6.45) is 5.22. The minimum atomic E-state index is -0.346. The summed E-state index contributed by atoms with van der Waals surface area (Å²) >= 11 is 3.15. The van der Waals surface area contributed by atoms with Gasteiger partial charge in [-0.3, -0.25) is 4.79 Å². The van der Waals surface area contributed by atoms with Crippen molar-refractivity contribution in [3.8, 4) is 11.3 Å². The lowest BCUT2D eigenvalue weighted by Gasteiger charge is -2.46. The van der Waals surface area contributed by atoms with E-state index >= 15 is 0 Å². The standard InChI is InChI=1S/C20H15BrFN3O/c21-16-7-13(5-6-17(16)22)24-19(26)12-8-20(9-12)15-4-2-1-3-14(15)18-10-23-11-25(18)20/h1-7,10-12H,8-9H2,(H,24,26). The van der Waals surface area contributed by atoms with Gasteiger partial charge in [0.1, 0.15) is 5.82 Å². The molecule has 0 atom stereocenters. The highest BCUT2D eigenvalue weighted by Gasteiger charge is 2.54. The molecule has 3 aromatic rings. The predicted molar refractivity (Wildman–Crippen MR) is 100 cm³/mol. The van der Waals surface area contributed by atoms with Crippen LogP contribution in [0, 0.1) is 11.7 Å². The van der Waals surface area contributed by atoms with Gasteiger partial charge >= 0.3 is 0 Å². The second kappa shape index (κ2) is 5.51. The van der Waals surface area contributed by atoms with Crippen LogP contribution in [-0.2, 0) is 10.3 Å². The number of rotatable bonds is 2. The Morgan fingerprint density at radius 3 is 2.88 bits per heavy atom. The lowest BCUT2D eigenvalue weighted by Crippen LogP contribution is -2.49. The summed E-state index contributed by atoms with van der Waals surface area (Å²) in [5.41, 5.74) is 4.01. The van der Waals surface area contributed by atoms with Crippen molar-refractivity contribution < 1.29 is 9.18 Å². The number of nitrogens with one attached hydrogen (secondary N) is 1. The van der Waals surface area contributed by atoms with Crippen molar-refractivity contribution in [3.05, 3.63) is 70.8 Å². The van der Waals surface area contributed by atoms with Crippen LogP contribution < -0.4 is 5.32 Å². The molecule has 0 saturated heterocycles. The molecule has 0 unspecified atom stereocenters. The molecule has 0 bridgehead atoms. The zero-order chi connectivity index (χ0) is 17.9. The van der Waals surface area contributed by atoms with Gasteiger partial charge in [-0.15, -0.1) is 0 Å². The van der Waals surface area contributed by atoms with Gasteiger partial charge in [-0.2, -0.15) is 0 Å². The number of aromatic nitrogens is 2. The van der Waals surface area contributed by atoms with E-state index in [4.69, 9.17) is 0 Å². The number of imidazole rings is 1. The molecule has 1 N–H and O–H groups in total. The molecular weight excluding hydrogens is 397 g/mol. The normalized spacial score (nSPS) is 22.6. The number of carbonyl (C=O) groups is 1. The summed E-state index contributed by atoms with van der Waals surface area (Å²) in [5.74, 6) is -0.457. The molecular formula is C20H15BrFN3O. The van der Waals surface area contributed by atoms with Gasteiger partial charge in [0, 0.05) is 17.2 Å². The van der Waals surface area contributed by atoms with E-state index < -0.39 is 0 Å². The van der Waals surface area contributed by atoms with Gasteiger partial charge < -0.3 is 9.88 Å². The molecule has 1 aliphatic carbocycles. The van der Waals surface area contributed by atoms with E-state index in [0.29, 0.717) is 10.2 Å². The Balaban J connectivity index is 1.39. The Kier molecular flexibility index (Phi) is 3.34. The summed E-state index contributed by atoms with van der Waals surface area (Å²) in [7, 11) is 0. The second-order valence-corrected chi connectivity index (χ2v) is 7.80. The van der Waals surface area contributed by atoms with Crippen LogP contribution in [0.1, 0.15) is 18.4 Å². The van der Waals surface area contributed by atoms with Crippen LogP contribution in [0.15, 0.2) is 59.5 Å². The maximum absolute atomic E-state index is 13.4. The Morgan fingerprint density at radius 2 is 2.08 bits per heavy atom. The number of anilines is 1. The van der Waals surface area contributed by atoms with Gasteiger partial charge in [-0.25, -0.2) is 9.37 Å². The van der Waals surface area contributed by atoms with Crippen molar-refractivity contribution in [2.75, 3.05) is 5.32 Å². The van der Waals surface area contributed by atoms with Gasteiger partial charge in [0.25, 0.3) is 0 Å². The Bertz CT molecular complexity index is 1040. The highest BCUT2D eigenvalue weighted by molar-refractivity contribution is 9.10. The van der Waals surface area contributed by atoms with E-state index in [1.807, 2.05) is 24.7 Å². The third kappa shape index (κ3) is 2.11. The molecule has 2 aromatic carbocycles. The van der Waals surface area contributed by atoms with Crippen LogP contribution in [-0.4, -0.2) is 15.5 Å². The lowest BCUT2D eigenvalue weighted by atomic mass is 9.64. The molecule has 2 heterocycles. The van der Waals surface area contributed by atoms with Gasteiger partial charge in [0.2, 0.25) is 5.91 Å². The highest BCUT2D eigenvalue weighted by atomic mass is 79.9. The van der Waals surface area contributed by atoms with Crippen LogP contribution in [0.5, 0.6) is 0 Å². The number of benzene rings is 2. The molecule has 1 spiro atoms. The van der Waals surface area contributed by atoms with Crippen LogP contribution in [0.25, 0.3) is 11.3 Å².